The first-order valence-corrected chi connectivity index (χ1v) is 6.81. The minimum Gasteiger partial charge on any atom is -0.322 e. The van der Waals surface area contributed by atoms with E-state index < -0.39 is 29.1 Å². The third kappa shape index (κ3) is 2.59. The highest BCUT2D eigenvalue weighted by Crippen LogP contribution is 2.20. The fraction of sp³-hybridized carbons (Fsp3) is 0.125. The van der Waals surface area contributed by atoms with E-state index >= 15 is 0 Å². The molecule has 0 aliphatic carbocycles. The van der Waals surface area contributed by atoms with Crippen molar-refractivity contribution < 1.29 is 13.2 Å². The second kappa shape index (κ2) is 5.51. The molecule has 0 amide bonds. The van der Waals surface area contributed by atoms with Gasteiger partial charge in [-0.1, -0.05) is 6.07 Å². The maximum absolute atomic E-state index is 13.9. The maximum atomic E-state index is 13.9. The second-order valence-electron chi connectivity index (χ2n) is 5.16. The lowest BCUT2D eigenvalue weighted by atomic mass is 10.2. The van der Waals surface area contributed by atoms with Gasteiger partial charge in [-0.2, -0.15) is 0 Å². The Bertz CT molecular complexity index is 946. The molecule has 0 bridgehead atoms. The van der Waals surface area contributed by atoms with Gasteiger partial charge in [0.2, 0.25) is 0 Å². The molecule has 0 saturated carbocycles. The van der Waals surface area contributed by atoms with Crippen LogP contribution in [0.1, 0.15) is 18.8 Å². The van der Waals surface area contributed by atoms with Crippen LogP contribution in [0.2, 0.25) is 0 Å². The van der Waals surface area contributed by atoms with Crippen LogP contribution < -0.4 is 11.3 Å². The molecule has 0 aliphatic heterocycles. The average Bonchev–Trinajstić information content (AvgIpc) is 2.46. The van der Waals surface area contributed by atoms with E-state index in [-0.39, 0.29) is 22.4 Å². The molecule has 0 aliphatic rings. The lowest BCUT2D eigenvalue weighted by Gasteiger charge is -2.16. The zero-order chi connectivity index (χ0) is 16.7. The number of nitrogens with zero attached hydrogens (tertiary/aromatic N) is 2. The zero-order valence-corrected chi connectivity index (χ0v) is 12.1. The van der Waals surface area contributed by atoms with Gasteiger partial charge >= 0.3 is 0 Å². The number of aromatic nitrogens is 2. The SMILES string of the molecule is CC(N)c1nc2c(F)cccc2c(=O)n1-c1cc(F)cc(F)c1. The molecule has 0 radical (unpaired) electrons. The van der Waals surface area contributed by atoms with Crippen molar-refractivity contribution in [1.82, 2.24) is 9.55 Å². The molecule has 3 aromatic rings. The molecule has 7 heteroatoms. The van der Waals surface area contributed by atoms with Gasteiger partial charge in [-0.3, -0.25) is 9.36 Å². The highest BCUT2D eigenvalue weighted by molar-refractivity contribution is 5.78. The van der Waals surface area contributed by atoms with E-state index in [1.807, 2.05) is 0 Å². The Hall–Kier alpha value is -2.67. The van der Waals surface area contributed by atoms with Crippen LogP contribution in [-0.4, -0.2) is 9.55 Å². The Kier molecular flexibility index (Phi) is 3.65. The van der Waals surface area contributed by atoms with Crippen molar-refractivity contribution in [3.8, 4) is 5.69 Å². The number of fused-ring (bicyclic) bond motifs is 1. The monoisotopic (exact) mass is 319 g/mol. The molecular formula is C16H12F3N3O. The van der Waals surface area contributed by atoms with Crippen molar-refractivity contribution in [3.63, 3.8) is 0 Å². The normalized spacial score (nSPS) is 12.6. The fourth-order valence-electron chi connectivity index (χ4n) is 2.41. The minimum absolute atomic E-state index is 0.000862. The summed E-state index contributed by atoms with van der Waals surface area (Å²) in [6.45, 7) is 1.54. The lowest BCUT2D eigenvalue weighted by molar-refractivity contribution is 0.578. The summed E-state index contributed by atoms with van der Waals surface area (Å²) in [6.07, 6.45) is 0. The summed E-state index contributed by atoms with van der Waals surface area (Å²) < 4.78 is 41.9. The Morgan fingerprint density at radius 2 is 1.78 bits per heavy atom. The Labute approximate surface area is 129 Å². The predicted octanol–water partition coefficient (Wildman–Crippen LogP) is 2.82. The van der Waals surface area contributed by atoms with E-state index in [0.29, 0.717) is 6.07 Å². The second-order valence-corrected chi connectivity index (χ2v) is 5.16. The molecular weight excluding hydrogens is 307 g/mol. The lowest BCUT2D eigenvalue weighted by Crippen LogP contribution is -2.28. The van der Waals surface area contributed by atoms with Crippen LogP contribution in [0.25, 0.3) is 16.6 Å². The van der Waals surface area contributed by atoms with Gasteiger partial charge in [0, 0.05) is 6.07 Å². The smallest absolute Gasteiger partial charge is 0.266 e. The van der Waals surface area contributed by atoms with Gasteiger partial charge in [0.25, 0.3) is 5.56 Å². The standard InChI is InChI=1S/C16H12F3N3O/c1-8(20)15-21-14-12(3-2-4-13(14)19)16(23)22(15)11-6-9(17)5-10(18)7-11/h2-8H,20H2,1H3. The number of halogens is 3. The molecule has 23 heavy (non-hydrogen) atoms. The number of hydrogen-bond donors (Lipinski definition) is 1. The number of benzene rings is 2. The third-order valence-corrected chi connectivity index (χ3v) is 3.39. The quantitative estimate of drug-likeness (QED) is 0.790. The first-order valence-electron chi connectivity index (χ1n) is 6.81. The van der Waals surface area contributed by atoms with Gasteiger partial charge in [0.05, 0.1) is 17.1 Å². The first kappa shape index (κ1) is 15.2. The summed E-state index contributed by atoms with van der Waals surface area (Å²) >= 11 is 0. The number of para-hydroxylation sites is 1. The van der Waals surface area contributed by atoms with Crippen LogP contribution in [-0.2, 0) is 0 Å². The van der Waals surface area contributed by atoms with E-state index in [2.05, 4.69) is 4.98 Å². The Balaban J connectivity index is 2.46. The topological polar surface area (TPSA) is 60.9 Å². The molecule has 3 rings (SSSR count). The predicted molar refractivity (Wildman–Crippen MR) is 79.8 cm³/mol. The largest absolute Gasteiger partial charge is 0.322 e. The first-order chi connectivity index (χ1) is 10.9. The maximum Gasteiger partial charge on any atom is 0.266 e. The Morgan fingerprint density at radius 3 is 2.39 bits per heavy atom. The van der Waals surface area contributed by atoms with Gasteiger partial charge in [-0.25, -0.2) is 18.2 Å². The molecule has 0 saturated heterocycles. The van der Waals surface area contributed by atoms with Crippen LogP contribution in [0.4, 0.5) is 13.2 Å². The van der Waals surface area contributed by atoms with Crippen molar-refractivity contribution >= 4 is 10.9 Å². The van der Waals surface area contributed by atoms with Crippen LogP contribution in [0, 0.1) is 17.5 Å². The highest BCUT2D eigenvalue weighted by Gasteiger charge is 2.18. The number of nitrogens with two attached hydrogens (primary N) is 1. The van der Waals surface area contributed by atoms with Crippen molar-refractivity contribution in [1.29, 1.82) is 0 Å². The summed E-state index contributed by atoms with van der Waals surface area (Å²) in [5, 5.41) is -0.000862. The molecule has 1 unspecified atom stereocenters. The van der Waals surface area contributed by atoms with E-state index in [1.165, 1.54) is 18.2 Å². The molecule has 1 heterocycles. The van der Waals surface area contributed by atoms with Crippen molar-refractivity contribution in [3.05, 3.63) is 70.0 Å². The summed E-state index contributed by atoms with van der Waals surface area (Å²) in [4.78, 5) is 16.8. The molecule has 4 nitrogen and oxygen atoms in total. The van der Waals surface area contributed by atoms with Crippen molar-refractivity contribution in [2.45, 2.75) is 13.0 Å². The number of hydrogen-bond acceptors (Lipinski definition) is 3. The molecule has 2 aromatic carbocycles. The molecule has 1 atom stereocenters. The third-order valence-electron chi connectivity index (χ3n) is 3.39. The summed E-state index contributed by atoms with van der Waals surface area (Å²) in [6, 6.07) is 5.85. The Morgan fingerprint density at radius 1 is 1.13 bits per heavy atom. The molecule has 2 N–H and O–H groups in total. The number of rotatable bonds is 2. The molecule has 1 aromatic heterocycles. The van der Waals surface area contributed by atoms with Crippen LogP contribution in [0.5, 0.6) is 0 Å². The van der Waals surface area contributed by atoms with Gasteiger partial charge in [0.15, 0.2) is 0 Å². The summed E-state index contributed by atoms with van der Waals surface area (Å²) in [5.41, 5.74) is 4.98. The van der Waals surface area contributed by atoms with Gasteiger partial charge in [0.1, 0.15) is 28.8 Å². The summed E-state index contributed by atoms with van der Waals surface area (Å²) in [5.74, 6) is -2.35. The van der Waals surface area contributed by atoms with Crippen LogP contribution in [0.3, 0.4) is 0 Å². The van der Waals surface area contributed by atoms with Gasteiger partial charge in [-0.15, -0.1) is 0 Å². The van der Waals surface area contributed by atoms with Gasteiger partial charge < -0.3 is 5.73 Å². The molecule has 0 fully saturated rings. The van der Waals surface area contributed by atoms with Crippen LogP contribution >= 0.6 is 0 Å². The highest BCUT2D eigenvalue weighted by atomic mass is 19.1. The van der Waals surface area contributed by atoms with Gasteiger partial charge in [-0.05, 0) is 31.2 Å². The van der Waals surface area contributed by atoms with E-state index in [0.717, 1.165) is 16.7 Å². The van der Waals surface area contributed by atoms with E-state index in [9.17, 15) is 18.0 Å². The van der Waals surface area contributed by atoms with Crippen molar-refractivity contribution in [2.24, 2.45) is 5.73 Å². The van der Waals surface area contributed by atoms with E-state index in [1.54, 1.807) is 6.92 Å². The fourth-order valence-corrected chi connectivity index (χ4v) is 2.41. The minimum atomic E-state index is -0.845. The zero-order valence-electron chi connectivity index (χ0n) is 12.1. The molecule has 0 spiro atoms. The van der Waals surface area contributed by atoms with Crippen molar-refractivity contribution in [2.75, 3.05) is 0 Å². The summed E-state index contributed by atoms with van der Waals surface area (Å²) in [7, 11) is 0. The van der Waals surface area contributed by atoms with E-state index in [4.69, 9.17) is 5.73 Å². The molecule has 118 valence electrons. The van der Waals surface area contributed by atoms with Crippen LogP contribution in [0.15, 0.2) is 41.2 Å². The average molecular weight is 319 g/mol.